The van der Waals surface area contributed by atoms with E-state index in [0.29, 0.717) is 18.7 Å². The standard InChI is InChI=1S/C10H8Cl2FN/c1-2-3-4-14-10-8(11)5-7(13)6-9(10)12/h1,5-6,14H,3-4H2. The van der Waals surface area contributed by atoms with Gasteiger partial charge >= 0.3 is 0 Å². The lowest BCUT2D eigenvalue weighted by atomic mass is 10.3. The molecule has 0 heterocycles. The van der Waals surface area contributed by atoms with Crippen LogP contribution >= 0.6 is 23.2 Å². The zero-order valence-corrected chi connectivity index (χ0v) is 8.79. The predicted octanol–water partition coefficient (Wildman–Crippen LogP) is 3.57. The lowest BCUT2D eigenvalue weighted by Gasteiger charge is -2.08. The van der Waals surface area contributed by atoms with Crippen molar-refractivity contribution in [2.75, 3.05) is 11.9 Å². The van der Waals surface area contributed by atoms with E-state index in [1.807, 2.05) is 0 Å². The van der Waals surface area contributed by atoms with E-state index in [2.05, 4.69) is 11.2 Å². The van der Waals surface area contributed by atoms with Crippen molar-refractivity contribution in [1.82, 2.24) is 0 Å². The van der Waals surface area contributed by atoms with Crippen LogP contribution in [0.3, 0.4) is 0 Å². The third-order valence-corrected chi connectivity index (χ3v) is 2.17. The first-order valence-electron chi connectivity index (χ1n) is 3.97. The van der Waals surface area contributed by atoms with Gasteiger partial charge in [0.2, 0.25) is 0 Å². The summed E-state index contributed by atoms with van der Waals surface area (Å²) in [5.74, 6) is 2.01. The maximum Gasteiger partial charge on any atom is 0.126 e. The smallest absolute Gasteiger partial charge is 0.126 e. The monoisotopic (exact) mass is 231 g/mol. The Hall–Kier alpha value is -0.910. The molecule has 0 fully saturated rings. The van der Waals surface area contributed by atoms with E-state index in [-0.39, 0.29) is 10.0 Å². The summed E-state index contributed by atoms with van der Waals surface area (Å²) in [6.45, 7) is 0.557. The van der Waals surface area contributed by atoms with Crippen LogP contribution in [0.5, 0.6) is 0 Å². The molecule has 0 spiro atoms. The molecule has 0 aliphatic rings. The van der Waals surface area contributed by atoms with E-state index in [9.17, 15) is 4.39 Å². The number of halogens is 3. The quantitative estimate of drug-likeness (QED) is 0.620. The van der Waals surface area contributed by atoms with Gasteiger partial charge in [-0.2, -0.15) is 0 Å². The minimum Gasteiger partial charge on any atom is -0.382 e. The van der Waals surface area contributed by atoms with Crippen molar-refractivity contribution < 1.29 is 4.39 Å². The van der Waals surface area contributed by atoms with E-state index in [1.165, 1.54) is 12.1 Å². The Bertz CT molecular complexity index is 348. The number of rotatable bonds is 3. The van der Waals surface area contributed by atoms with Crippen molar-refractivity contribution in [2.45, 2.75) is 6.42 Å². The van der Waals surface area contributed by atoms with Crippen LogP contribution in [0.1, 0.15) is 6.42 Å². The molecule has 0 aliphatic heterocycles. The molecule has 4 heteroatoms. The Kier molecular flexibility index (Phi) is 4.06. The Morgan fingerprint density at radius 2 is 1.93 bits per heavy atom. The highest BCUT2D eigenvalue weighted by atomic mass is 35.5. The fourth-order valence-electron chi connectivity index (χ4n) is 0.971. The minimum absolute atomic E-state index is 0.257. The molecule has 0 radical (unpaired) electrons. The molecule has 74 valence electrons. The van der Waals surface area contributed by atoms with Crippen LogP contribution in [-0.4, -0.2) is 6.54 Å². The lowest BCUT2D eigenvalue weighted by molar-refractivity contribution is 0.628. The van der Waals surface area contributed by atoms with E-state index in [0.717, 1.165) is 0 Å². The number of anilines is 1. The molecule has 1 aromatic carbocycles. The second kappa shape index (κ2) is 5.09. The molecule has 1 nitrogen and oxygen atoms in total. The van der Waals surface area contributed by atoms with Crippen LogP contribution in [0, 0.1) is 18.2 Å². The fourth-order valence-corrected chi connectivity index (χ4v) is 1.56. The van der Waals surface area contributed by atoms with Gasteiger partial charge in [0.25, 0.3) is 0 Å². The van der Waals surface area contributed by atoms with Crippen LogP contribution in [-0.2, 0) is 0 Å². The van der Waals surface area contributed by atoms with Crippen molar-refractivity contribution in [3.05, 3.63) is 28.0 Å². The highest BCUT2D eigenvalue weighted by Crippen LogP contribution is 2.31. The van der Waals surface area contributed by atoms with Gasteiger partial charge in [-0.05, 0) is 12.1 Å². The van der Waals surface area contributed by atoms with Gasteiger partial charge in [-0.25, -0.2) is 4.39 Å². The van der Waals surface area contributed by atoms with Crippen LogP contribution in [0.4, 0.5) is 10.1 Å². The second-order valence-corrected chi connectivity index (χ2v) is 3.44. The van der Waals surface area contributed by atoms with Crippen molar-refractivity contribution in [3.8, 4) is 12.3 Å². The molecule has 0 aliphatic carbocycles. The zero-order valence-electron chi connectivity index (χ0n) is 7.28. The van der Waals surface area contributed by atoms with E-state index in [4.69, 9.17) is 29.6 Å². The van der Waals surface area contributed by atoms with Crippen molar-refractivity contribution >= 4 is 28.9 Å². The normalized spacial score (nSPS) is 9.57. The second-order valence-electron chi connectivity index (χ2n) is 2.63. The molecule has 0 bridgehead atoms. The topological polar surface area (TPSA) is 12.0 Å². The molecule has 1 rings (SSSR count). The van der Waals surface area contributed by atoms with Gasteiger partial charge < -0.3 is 5.32 Å². The molecule has 14 heavy (non-hydrogen) atoms. The maximum atomic E-state index is 12.8. The first kappa shape index (κ1) is 11.2. The first-order chi connectivity index (χ1) is 6.65. The minimum atomic E-state index is -0.456. The molecule has 0 unspecified atom stereocenters. The van der Waals surface area contributed by atoms with Crippen LogP contribution in [0.25, 0.3) is 0 Å². The Labute approximate surface area is 92.2 Å². The summed E-state index contributed by atoms with van der Waals surface area (Å²) in [4.78, 5) is 0. The molecular formula is C10H8Cl2FN. The highest BCUT2D eigenvalue weighted by Gasteiger charge is 2.07. The van der Waals surface area contributed by atoms with Crippen LogP contribution in [0.15, 0.2) is 12.1 Å². The third-order valence-electron chi connectivity index (χ3n) is 1.58. The number of nitrogens with one attached hydrogen (secondary N) is 1. The van der Waals surface area contributed by atoms with Gasteiger partial charge in [-0.3, -0.25) is 0 Å². The number of hydrogen-bond donors (Lipinski definition) is 1. The van der Waals surface area contributed by atoms with Gasteiger partial charge in [0.1, 0.15) is 5.82 Å². The molecule has 0 saturated carbocycles. The Morgan fingerprint density at radius 1 is 1.36 bits per heavy atom. The third kappa shape index (κ3) is 2.80. The zero-order chi connectivity index (χ0) is 10.6. The SMILES string of the molecule is C#CCCNc1c(Cl)cc(F)cc1Cl. The average Bonchev–Trinajstić information content (AvgIpc) is 2.09. The summed E-state index contributed by atoms with van der Waals surface area (Å²) >= 11 is 11.6. The first-order valence-corrected chi connectivity index (χ1v) is 4.72. The number of benzene rings is 1. The molecule has 0 aromatic heterocycles. The summed E-state index contributed by atoms with van der Waals surface area (Å²) in [5.41, 5.74) is 0.519. The molecular weight excluding hydrogens is 224 g/mol. The summed E-state index contributed by atoms with van der Waals surface area (Å²) in [6, 6.07) is 2.40. The van der Waals surface area contributed by atoms with Crippen molar-refractivity contribution in [1.29, 1.82) is 0 Å². The van der Waals surface area contributed by atoms with Gasteiger partial charge in [0.15, 0.2) is 0 Å². The fraction of sp³-hybridized carbons (Fsp3) is 0.200. The maximum absolute atomic E-state index is 12.8. The molecule has 0 saturated heterocycles. The van der Waals surface area contributed by atoms with E-state index in [1.54, 1.807) is 0 Å². The number of terminal acetylenes is 1. The van der Waals surface area contributed by atoms with Gasteiger partial charge in [-0.15, -0.1) is 12.3 Å². The molecule has 0 amide bonds. The summed E-state index contributed by atoms with van der Waals surface area (Å²) in [7, 11) is 0. The molecule has 0 atom stereocenters. The number of hydrogen-bond acceptors (Lipinski definition) is 1. The largest absolute Gasteiger partial charge is 0.382 e. The summed E-state index contributed by atoms with van der Waals surface area (Å²) in [6.07, 6.45) is 5.64. The van der Waals surface area contributed by atoms with Crippen molar-refractivity contribution in [3.63, 3.8) is 0 Å². The summed E-state index contributed by atoms with van der Waals surface area (Å²) in [5, 5.41) is 3.45. The summed E-state index contributed by atoms with van der Waals surface area (Å²) < 4.78 is 12.8. The van der Waals surface area contributed by atoms with Crippen molar-refractivity contribution in [2.24, 2.45) is 0 Å². The highest BCUT2D eigenvalue weighted by molar-refractivity contribution is 6.39. The Morgan fingerprint density at radius 3 is 2.43 bits per heavy atom. The van der Waals surface area contributed by atoms with Gasteiger partial charge in [0, 0.05) is 13.0 Å². The average molecular weight is 232 g/mol. The van der Waals surface area contributed by atoms with Gasteiger partial charge in [-0.1, -0.05) is 23.2 Å². The Balaban J connectivity index is 2.81. The van der Waals surface area contributed by atoms with E-state index >= 15 is 0 Å². The van der Waals surface area contributed by atoms with E-state index < -0.39 is 5.82 Å². The molecule has 1 N–H and O–H groups in total. The van der Waals surface area contributed by atoms with Crippen LogP contribution in [0.2, 0.25) is 10.0 Å². The lowest BCUT2D eigenvalue weighted by Crippen LogP contribution is -2.01. The predicted molar refractivity (Wildman–Crippen MR) is 58.4 cm³/mol. The van der Waals surface area contributed by atoms with Gasteiger partial charge in [0.05, 0.1) is 15.7 Å². The van der Waals surface area contributed by atoms with Crippen LogP contribution < -0.4 is 5.32 Å². The molecule has 1 aromatic rings.